The Hall–Kier alpha value is -2.32. The van der Waals surface area contributed by atoms with Crippen molar-refractivity contribution in [2.75, 3.05) is 7.11 Å². The van der Waals surface area contributed by atoms with Crippen LogP contribution in [0.5, 0.6) is 5.75 Å². The maximum Gasteiger partial charge on any atom is 0.344 e. The zero-order chi connectivity index (χ0) is 18.7. The number of hydrogen-bond acceptors (Lipinski definition) is 5. The van der Waals surface area contributed by atoms with Gasteiger partial charge in [0.15, 0.2) is 0 Å². The molecular weight excluding hydrogens is 428 g/mol. The molecule has 1 heterocycles. The van der Waals surface area contributed by atoms with E-state index in [1.54, 1.807) is 12.5 Å². The fourth-order valence-corrected chi connectivity index (χ4v) is 3.43. The molecule has 0 N–H and O–H groups in total. The van der Waals surface area contributed by atoms with Crippen LogP contribution in [0.1, 0.15) is 16.1 Å². The Labute approximate surface area is 160 Å². The van der Waals surface area contributed by atoms with Gasteiger partial charge < -0.3 is 9.47 Å². The molecule has 0 spiro atoms. The average molecular weight is 440 g/mol. The third kappa shape index (κ3) is 3.91. The molecule has 4 nitrogen and oxygen atoms in total. The molecule has 0 aliphatic carbocycles. The van der Waals surface area contributed by atoms with Crippen LogP contribution >= 0.6 is 27.3 Å². The Morgan fingerprint density at radius 2 is 1.96 bits per heavy atom. The first-order chi connectivity index (χ1) is 12.5. The van der Waals surface area contributed by atoms with E-state index in [0.717, 1.165) is 22.2 Å². The second kappa shape index (κ2) is 7.92. The predicted molar refractivity (Wildman–Crippen MR) is 97.3 cm³/mol. The zero-order valence-corrected chi connectivity index (χ0v) is 15.9. The number of thiazole rings is 1. The molecule has 0 radical (unpaired) electrons. The van der Waals surface area contributed by atoms with Gasteiger partial charge in [-0.2, -0.15) is 0 Å². The largest absolute Gasteiger partial charge is 0.496 e. The van der Waals surface area contributed by atoms with Gasteiger partial charge in [0.1, 0.15) is 34.6 Å². The van der Waals surface area contributed by atoms with E-state index >= 15 is 0 Å². The molecule has 0 amide bonds. The van der Waals surface area contributed by atoms with E-state index in [1.807, 2.05) is 18.2 Å². The van der Waals surface area contributed by atoms with E-state index in [9.17, 15) is 13.6 Å². The molecule has 0 unspecified atom stereocenters. The number of methoxy groups -OCH3 is 1. The number of carbonyl (C=O) groups is 1. The summed E-state index contributed by atoms with van der Waals surface area (Å²) in [7, 11) is 1.56. The van der Waals surface area contributed by atoms with Crippen molar-refractivity contribution in [1.29, 1.82) is 0 Å². The monoisotopic (exact) mass is 439 g/mol. The van der Waals surface area contributed by atoms with Gasteiger partial charge in [-0.1, -0.05) is 22.0 Å². The summed E-state index contributed by atoms with van der Waals surface area (Å²) in [5.74, 6) is -2.35. The van der Waals surface area contributed by atoms with Gasteiger partial charge in [0, 0.05) is 9.85 Å². The summed E-state index contributed by atoms with van der Waals surface area (Å²) in [6.07, 6.45) is 0. The smallest absolute Gasteiger partial charge is 0.344 e. The summed E-state index contributed by atoms with van der Waals surface area (Å²) in [6, 6.07) is 8.70. The van der Waals surface area contributed by atoms with E-state index in [0.29, 0.717) is 16.5 Å². The van der Waals surface area contributed by atoms with Gasteiger partial charge in [-0.25, -0.2) is 18.6 Å². The number of aromatic nitrogens is 1. The number of esters is 1. The highest BCUT2D eigenvalue weighted by molar-refractivity contribution is 9.10. The Morgan fingerprint density at radius 3 is 2.65 bits per heavy atom. The molecule has 0 aliphatic rings. The molecule has 26 heavy (non-hydrogen) atoms. The van der Waals surface area contributed by atoms with E-state index in [-0.39, 0.29) is 6.61 Å². The van der Waals surface area contributed by atoms with Crippen LogP contribution in [-0.4, -0.2) is 18.1 Å². The fourth-order valence-electron chi connectivity index (χ4n) is 2.25. The molecule has 3 aromatic rings. The lowest BCUT2D eigenvalue weighted by Gasteiger charge is -2.06. The van der Waals surface area contributed by atoms with Crippen LogP contribution in [0.2, 0.25) is 0 Å². The number of rotatable bonds is 5. The van der Waals surface area contributed by atoms with E-state index < -0.39 is 23.2 Å². The highest BCUT2D eigenvalue weighted by atomic mass is 79.9. The molecule has 0 saturated carbocycles. The third-order valence-electron chi connectivity index (χ3n) is 3.46. The Balaban J connectivity index is 1.76. The second-order valence-corrected chi connectivity index (χ2v) is 6.94. The van der Waals surface area contributed by atoms with Gasteiger partial charge in [-0.3, -0.25) is 0 Å². The fraction of sp³-hybridized carbons (Fsp3) is 0.111. The van der Waals surface area contributed by atoms with Gasteiger partial charge in [0.05, 0.1) is 18.4 Å². The molecule has 8 heteroatoms. The first kappa shape index (κ1) is 18.5. The van der Waals surface area contributed by atoms with Gasteiger partial charge in [0.25, 0.3) is 0 Å². The minimum Gasteiger partial charge on any atom is -0.496 e. The highest BCUT2D eigenvalue weighted by Gasteiger charge is 2.19. The van der Waals surface area contributed by atoms with E-state index in [4.69, 9.17) is 9.47 Å². The van der Waals surface area contributed by atoms with Crippen molar-refractivity contribution in [2.45, 2.75) is 6.61 Å². The van der Waals surface area contributed by atoms with Crippen molar-refractivity contribution in [3.05, 3.63) is 69.1 Å². The Bertz CT molecular complexity index is 941. The van der Waals surface area contributed by atoms with Gasteiger partial charge in [-0.05, 0) is 30.3 Å². The normalized spacial score (nSPS) is 10.6. The molecule has 0 saturated heterocycles. The maximum atomic E-state index is 13.6. The van der Waals surface area contributed by atoms with Crippen LogP contribution in [0.4, 0.5) is 8.78 Å². The minimum atomic E-state index is -1.07. The number of halogens is 3. The predicted octanol–water partition coefficient (Wildman–Crippen LogP) is 5.22. The number of hydrogen-bond donors (Lipinski definition) is 0. The molecule has 1 aromatic heterocycles. The summed E-state index contributed by atoms with van der Waals surface area (Å²) < 4.78 is 38.4. The first-order valence-corrected chi connectivity index (χ1v) is 9.06. The summed E-state index contributed by atoms with van der Waals surface area (Å²) in [5.41, 5.74) is 0.540. The van der Waals surface area contributed by atoms with Crippen LogP contribution in [0.15, 0.2) is 46.3 Å². The number of carbonyl (C=O) groups excluding carboxylic acids is 1. The van der Waals surface area contributed by atoms with Crippen molar-refractivity contribution in [1.82, 2.24) is 4.98 Å². The summed E-state index contributed by atoms with van der Waals surface area (Å²) in [5, 5.41) is 2.38. The van der Waals surface area contributed by atoms with Crippen molar-refractivity contribution < 1.29 is 23.0 Å². The van der Waals surface area contributed by atoms with Crippen LogP contribution in [0.25, 0.3) is 10.6 Å². The quantitative estimate of drug-likeness (QED) is 0.511. The first-order valence-electron chi connectivity index (χ1n) is 7.39. The van der Waals surface area contributed by atoms with E-state index in [2.05, 4.69) is 20.9 Å². The van der Waals surface area contributed by atoms with Gasteiger partial charge in [0.2, 0.25) is 0 Å². The second-order valence-electron chi connectivity index (χ2n) is 5.16. The molecule has 0 aliphatic heterocycles. The molecule has 3 rings (SSSR count). The lowest BCUT2D eigenvalue weighted by Crippen LogP contribution is -2.10. The van der Waals surface area contributed by atoms with Crippen molar-refractivity contribution in [3.63, 3.8) is 0 Å². The molecule has 0 atom stereocenters. The molecule has 0 bridgehead atoms. The lowest BCUT2D eigenvalue weighted by molar-refractivity contribution is 0.0457. The van der Waals surface area contributed by atoms with Crippen molar-refractivity contribution >= 4 is 33.2 Å². The molecule has 0 fully saturated rings. The summed E-state index contributed by atoms with van der Waals surface area (Å²) in [4.78, 5) is 16.3. The minimum absolute atomic E-state index is 0.195. The van der Waals surface area contributed by atoms with E-state index in [1.165, 1.54) is 17.4 Å². The van der Waals surface area contributed by atoms with Crippen molar-refractivity contribution in [3.8, 4) is 16.3 Å². The molecular formula is C18H12BrF2NO3S. The SMILES string of the molecule is COc1ccc(Br)cc1-c1nc(COC(=O)c2c(F)cccc2F)cs1. The third-order valence-corrected chi connectivity index (χ3v) is 4.88. The number of nitrogens with zero attached hydrogens (tertiary/aromatic N) is 1. The van der Waals surface area contributed by atoms with Gasteiger partial charge in [-0.15, -0.1) is 11.3 Å². The topological polar surface area (TPSA) is 48.4 Å². The van der Waals surface area contributed by atoms with Crippen LogP contribution in [0.3, 0.4) is 0 Å². The van der Waals surface area contributed by atoms with Crippen LogP contribution in [-0.2, 0) is 11.3 Å². The Morgan fingerprint density at radius 1 is 1.23 bits per heavy atom. The molecule has 2 aromatic carbocycles. The maximum absolute atomic E-state index is 13.6. The zero-order valence-electron chi connectivity index (χ0n) is 13.5. The van der Waals surface area contributed by atoms with Crippen LogP contribution < -0.4 is 4.74 Å². The Kier molecular flexibility index (Phi) is 5.63. The highest BCUT2D eigenvalue weighted by Crippen LogP contribution is 2.34. The van der Waals surface area contributed by atoms with Crippen LogP contribution in [0, 0.1) is 11.6 Å². The average Bonchev–Trinajstić information content (AvgIpc) is 3.08. The number of ether oxygens (including phenoxy) is 2. The summed E-state index contributed by atoms with van der Waals surface area (Å²) in [6.45, 7) is -0.195. The van der Waals surface area contributed by atoms with Crippen molar-refractivity contribution in [2.24, 2.45) is 0 Å². The standard InChI is InChI=1S/C18H12BrF2NO3S/c1-24-15-6-5-10(19)7-12(15)17-22-11(9-26-17)8-25-18(23)16-13(20)3-2-4-14(16)21/h2-7,9H,8H2,1H3. The lowest BCUT2D eigenvalue weighted by atomic mass is 10.2. The number of benzene rings is 2. The molecule has 134 valence electrons. The van der Waals surface area contributed by atoms with Gasteiger partial charge >= 0.3 is 5.97 Å². The summed E-state index contributed by atoms with van der Waals surface area (Å²) >= 11 is 4.74.